The largest absolute Gasteiger partial charge is 0.495 e. The summed E-state index contributed by atoms with van der Waals surface area (Å²) in [6.07, 6.45) is 5.36. The van der Waals surface area contributed by atoms with Gasteiger partial charge in [-0.25, -0.2) is 9.97 Å². The van der Waals surface area contributed by atoms with Gasteiger partial charge in [0.25, 0.3) is 0 Å². The highest BCUT2D eigenvalue weighted by atomic mass is 16.5. The number of anilines is 2. The minimum Gasteiger partial charge on any atom is -0.495 e. The number of nitrogens with one attached hydrogen (secondary N) is 1. The zero-order chi connectivity index (χ0) is 29.4. The number of piperidine rings is 1. The first-order chi connectivity index (χ1) is 20.2. The Kier molecular flexibility index (Phi) is 8.01. The molecule has 6 rings (SSSR count). The summed E-state index contributed by atoms with van der Waals surface area (Å²) in [6.45, 7) is 10.6. The molecule has 1 aromatic heterocycles. The lowest BCUT2D eigenvalue weighted by Crippen LogP contribution is -2.52. The van der Waals surface area contributed by atoms with E-state index in [2.05, 4.69) is 62.7 Å². The molecule has 0 amide bonds. The van der Waals surface area contributed by atoms with Gasteiger partial charge in [0.1, 0.15) is 22.8 Å². The number of benzene rings is 1. The molecular weight excluding hydrogens is 528 g/mol. The van der Waals surface area contributed by atoms with Crippen LogP contribution in [0.5, 0.6) is 5.75 Å². The fraction of sp³-hybridized carbons (Fsp3) is 0.594. The summed E-state index contributed by atoms with van der Waals surface area (Å²) < 4.78 is 10.3. The molecule has 4 aliphatic rings. The van der Waals surface area contributed by atoms with Crippen molar-refractivity contribution in [3.05, 3.63) is 40.8 Å². The molecule has 0 radical (unpaired) electrons. The summed E-state index contributed by atoms with van der Waals surface area (Å²) >= 11 is 0. The van der Waals surface area contributed by atoms with Crippen LogP contribution in [-0.4, -0.2) is 108 Å². The molecule has 0 bridgehead atoms. The molecule has 224 valence electrons. The Hall–Kier alpha value is -3.39. The van der Waals surface area contributed by atoms with Crippen LogP contribution in [0.1, 0.15) is 68.6 Å². The number of methoxy groups -OCH3 is 1. The lowest BCUT2D eigenvalue weighted by molar-refractivity contribution is 0.0673. The van der Waals surface area contributed by atoms with E-state index in [1.807, 2.05) is 6.92 Å². The van der Waals surface area contributed by atoms with Crippen molar-refractivity contribution in [1.82, 2.24) is 24.4 Å². The molecule has 4 N–H and O–H groups in total. The zero-order valence-corrected chi connectivity index (χ0v) is 25.5. The van der Waals surface area contributed by atoms with Gasteiger partial charge in [-0.3, -0.25) is 10.6 Å². The number of nitrogens with zero attached hydrogens (tertiary/aromatic N) is 6. The predicted molar refractivity (Wildman–Crippen MR) is 169 cm³/mol. The van der Waals surface area contributed by atoms with Crippen molar-refractivity contribution in [1.29, 1.82) is 0 Å². The number of hydrogen-bond acceptors (Lipinski definition) is 9. The van der Waals surface area contributed by atoms with Gasteiger partial charge in [-0.15, -0.1) is 0 Å². The van der Waals surface area contributed by atoms with Crippen molar-refractivity contribution in [2.75, 3.05) is 63.6 Å². The summed E-state index contributed by atoms with van der Waals surface area (Å²) in [5, 5.41) is 14.1. The van der Waals surface area contributed by atoms with Gasteiger partial charge in [-0.2, -0.15) is 4.67 Å². The number of likely N-dealkylation sites (N-methyl/N-ethyl adjacent to an activating group) is 1. The SMILES string of the molecule is CCc1nc2c(nc1N[C@H]1CC[C@](C)(O)C1)C(c1ccc(N3CCC(N4CCN(C)CC4)CC3)c(OC)c1)=C=[N+]=C2N. The van der Waals surface area contributed by atoms with E-state index in [0.29, 0.717) is 36.1 Å². The number of fused-ring (bicyclic) bond motifs is 1. The van der Waals surface area contributed by atoms with E-state index in [-0.39, 0.29) is 6.04 Å². The second kappa shape index (κ2) is 11.7. The summed E-state index contributed by atoms with van der Waals surface area (Å²) in [6, 6.07) is 7.11. The summed E-state index contributed by atoms with van der Waals surface area (Å²) in [5.74, 6) is 5.02. The van der Waals surface area contributed by atoms with Crippen LogP contribution < -0.4 is 25.4 Å². The van der Waals surface area contributed by atoms with Crippen LogP contribution in [0, 0.1) is 0 Å². The van der Waals surface area contributed by atoms with Crippen molar-refractivity contribution in [3.63, 3.8) is 0 Å². The molecule has 0 spiro atoms. The van der Waals surface area contributed by atoms with Crippen molar-refractivity contribution in [3.8, 4) is 5.75 Å². The van der Waals surface area contributed by atoms with E-state index < -0.39 is 5.60 Å². The molecule has 42 heavy (non-hydrogen) atoms. The third-order valence-electron chi connectivity index (χ3n) is 9.46. The number of nitrogens with two attached hydrogens (primary N) is 1. The van der Waals surface area contributed by atoms with Crippen LogP contribution in [0.25, 0.3) is 5.57 Å². The normalized spacial score (nSPS) is 25.3. The molecule has 2 aromatic rings. The lowest BCUT2D eigenvalue weighted by atomic mass is 9.98. The summed E-state index contributed by atoms with van der Waals surface area (Å²) in [5.41, 5.74) is 10.5. The minimum absolute atomic E-state index is 0.142. The standard InChI is InChI=1S/C32H44N8O2/c1-5-25-31(35-22-8-11-32(2,41)19-22)37-28-24(20-34-30(33)29(28)36-25)21-6-7-26(27(18-21)42-4)40-12-9-23(10-13-40)39-16-14-38(3)15-17-39/h6-7,18,22-23,41H,5,8-17,19H2,1-4H3,(H2,33,35,37)/p+1/t22-,32-/m0/s1. The maximum Gasteiger partial charge on any atom is 0.405 e. The summed E-state index contributed by atoms with van der Waals surface area (Å²) in [7, 11) is 3.94. The van der Waals surface area contributed by atoms with Crippen LogP contribution in [-0.2, 0) is 6.42 Å². The molecule has 10 nitrogen and oxygen atoms in total. The average molecular weight is 574 g/mol. The molecule has 2 atom stereocenters. The quantitative estimate of drug-likeness (QED) is 0.427. The Morgan fingerprint density at radius 2 is 1.88 bits per heavy atom. The minimum atomic E-state index is -0.653. The second-order valence-corrected chi connectivity index (χ2v) is 12.6. The smallest absolute Gasteiger partial charge is 0.405 e. The fourth-order valence-corrected chi connectivity index (χ4v) is 6.90. The van der Waals surface area contributed by atoms with Gasteiger partial charge in [0.2, 0.25) is 0 Å². The third kappa shape index (κ3) is 5.78. The first-order valence-electron chi connectivity index (χ1n) is 15.5. The van der Waals surface area contributed by atoms with Gasteiger partial charge in [0, 0.05) is 56.9 Å². The Labute approximate surface area is 249 Å². The van der Waals surface area contributed by atoms with Crippen LogP contribution >= 0.6 is 0 Å². The molecule has 10 heteroatoms. The van der Waals surface area contributed by atoms with E-state index >= 15 is 0 Å². The van der Waals surface area contributed by atoms with E-state index in [4.69, 9.17) is 20.4 Å². The van der Waals surface area contributed by atoms with Gasteiger partial charge in [-0.1, -0.05) is 13.0 Å². The molecule has 1 aromatic carbocycles. The van der Waals surface area contributed by atoms with Crippen molar-refractivity contribution >= 4 is 28.8 Å². The number of rotatable bonds is 7. The fourth-order valence-electron chi connectivity index (χ4n) is 6.90. The molecular formula is C32H45N8O2+. The Morgan fingerprint density at radius 1 is 1.12 bits per heavy atom. The molecule has 1 saturated carbocycles. The highest BCUT2D eigenvalue weighted by Crippen LogP contribution is 2.36. The highest BCUT2D eigenvalue weighted by molar-refractivity contribution is 6.11. The third-order valence-corrected chi connectivity index (χ3v) is 9.46. The lowest BCUT2D eigenvalue weighted by Gasteiger charge is -2.42. The average Bonchev–Trinajstić information content (AvgIpc) is 3.35. The van der Waals surface area contributed by atoms with Crippen LogP contribution in [0.3, 0.4) is 0 Å². The van der Waals surface area contributed by atoms with Crippen LogP contribution in [0.15, 0.2) is 18.2 Å². The number of piperazine rings is 1. The van der Waals surface area contributed by atoms with Crippen molar-refractivity contribution in [2.24, 2.45) is 5.73 Å². The summed E-state index contributed by atoms with van der Waals surface area (Å²) in [4.78, 5) is 17.5. The zero-order valence-electron chi connectivity index (χ0n) is 25.5. The van der Waals surface area contributed by atoms with Crippen molar-refractivity contribution < 1.29 is 9.84 Å². The number of hydrogen-bond donors (Lipinski definition) is 3. The molecule has 2 saturated heterocycles. The van der Waals surface area contributed by atoms with E-state index in [9.17, 15) is 5.11 Å². The number of aromatic nitrogens is 2. The monoisotopic (exact) mass is 573 g/mol. The predicted octanol–water partition coefficient (Wildman–Crippen LogP) is 1.87. The van der Waals surface area contributed by atoms with Gasteiger partial charge in [-0.05, 0) is 64.6 Å². The van der Waals surface area contributed by atoms with Gasteiger partial charge in [0.15, 0.2) is 11.6 Å². The van der Waals surface area contributed by atoms with Gasteiger partial charge >= 0.3 is 5.84 Å². The molecule has 1 aliphatic carbocycles. The molecule has 0 unspecified atom stereocenters. The molecule has 4 heterocycles. The van der Waals surface area contributed by atoms with E-state index in [1.165, 1.54) is 13.1 Å². The highest BCUT2D eigenvalue weighted by Gasteiger charge is 2.35. The maximum atomic E-state index is 10.5. The van der Waals surface area contributed by atoms with E-state index in [1.54, 1.807) is 7.11 Å². The van der Waals surface area contributed by atoms with Gasteiger partial charge < -0.3 is 25.0 Å². The Bertz CT molecular complexity index is 1430. The number of amidine groups is 1. The number of ether oxygens (including phenoxy) is 1. The maximum absolute atomic E-state index is 10.5. The van der Waals surface area contributed by atoms with Crippen LogP contribution in [0.2, 0.25) is 0 Å². The second-order valence-electron chi connectivity index (χ2n) is 12.6. The van der Waals surface area contributed by atoms with Crippen LogP contribution in [0.4, 0.5) is 11.5 Å². The topological polar surface area (TPSA) is 117 Å². The Balaban J connectivity index is 1.24. The number of aliphatic hydroxyl groups is 1. The first-order valence-corrected chi connectivity index (χ1v) is 15.5. The number of aryl methyl sites for hydroxylation is 1. The van der Waals surface area contributed by atoms with Gasteiger partial charge in [0.05, 0.1) is 24.1 Å². The van der Waals surface area contributed by atoms with Crippen molar-refractivity contribution in [2.45, 2.75) is 70.1 Å². The first kappa shape index (κ1) is 28.7. The molecule has 3 fully saturated rings. The molecule has 3 aliphatic heterocycles. The Morgan fingerprint density at radius 3 is 2.55 bits per heavy atom. The van der Waals surface area contributed by atoms with E-state index in [0.717, 1.165) is 85.9 Å².